The summed E-state index contributed by atoms with van der Waals surface area (Å²) in [5.74, 6) is 1.78. The Kier molecular flexibility index (Phi) is 4.65. The van der Waals surface area contributed by atoms with Crippen LogP contribution in [0.4, 0.5) is 0 Å². The molecule has 0 radical (unpaired) electrons. The normalized spacial score (nSPS) is 41.1. The van der Waals surface area contributed by atoms with Crippen molar-refractivity contribution in [3.8, 4) is 0 Å². The zero-order valence-electron chi connectivity index (χ0n) is 12.9. The average Bonchev–Trinajstić information content (AvgIpc) is 2.61. The van der Waals surface area contributed by atoms with Crippen LogP contribution in [-0.2, 0) is 4.79 Å². The molecule has 20 heavy (non-hydrogen) atoms. The highest BCUT2D eigenvalue weighted by molar-refractivity contribution is 5.76. The third-order valence-corrected chi connectivity index (χ3v) is 5.67. The fourth-order valence-electron chi connectivity index (χ4n) is 4.52. The van der Waals surface area contributed by atoms with E-state index in [0.717, 1.165) is 12.3 Å². The van der Waals surface area contributed by atoms with Gasteiger partial charge in [-0.05, 0) is 56.8 Å². The van der Waals surface area contributed by atoms with Gasteiger partial charge in [0.15, 0.2) is 0 Å². The van der Waals surface area contributed by atoms with Crippen LogP contribution in [0.1, 0.15) is 71.1 Å². The fourth-order valence-corrected chi connectivity index (χ4v) is 4.52. The molecule has 3 aliphatic rings. The van der Waals surface area contributed by atoms with Crippen LogP contribution < -0.4 is 10.6 Å². The quantitative estimate of drug-likeness (QED) is 0.779. The summed E-state index contributed by atoms with van der Waals surface area (Å²) in [7, 11) is 0. The van der Waals surface area contributed by atoms with Gasteiger partial charge >= 0.3 is 0 Å². The van der Waals surface area contributed by atoms with Gasteiger partial charge in [0.2, 0.25) is 5.91 Å². The largest absolute Gasteiger partial charge is 0.353 e. The van der Waals surface area contributed by atoms with E-state index < -0.39 is 0 Å². The number of hydrogen-bond acceptors (Lipinski definition) is 2. The Hall–Kier alpha value is -0.570. The van der Waals surface area contributed by atoms with Crippen LogP contribution in [0, 0.1) is 11.8 Å². The first kappa shape index (κ1) is 14.4. The third-order valence-electron chi connectivity index (χ3n) is 5.67. The Labute approximate surface area is 123 Å². The zero-order chi connectivity index (χ0) is 13.9. The molecule has 2 bridgehead atoms. The van der Waals surface area contributed by atoms with Gasteiger partial charge in [0.1, 0.15) is 0 Å². The minimum Gasteiger partial charge on any atom is -0.353 e. The van der Waals surface area contributed by atoms with E-state index >= 15 is 0 Å². The Morgan fingerprint density at radius 2 is 1.80 bits per heavy atom. The highest BCUT2D eigenvalue weighted by Gasteiger charge is 2.34. The van der Waals surface area contributed by atoms with Gasteiger partial charge in [0.25, 0.3) is 0 Å². The molecule has 1 aliphatic carbocycles. The predicted molar refractivity (Wildman–Crippen MR) is 81.5 cm³/mol. The van der Waals surface area contributed by atoms with E-state index in [-0.39, 0.29) is 0 Å². The number of amides is 1. The Morgan fingerprint density at radius 1 is 1.05 bits per heavy atom. The first-order chi connectivity index (χ1) is 9.69. The number of rotatable bonds is 3. The van der Waals surface area contributed by atoms with Crippen molar-refractivity contribution >= 4 is 5.91 Å². The van der Waals surface area contributed by atoms with Gasteiger partial charge < -0.3 is 10.6 Å². The molecule has 1 amide bonds. The van der Waals surface area contributed by atoms with Gasteiger partial charge in [0, 0.05) is 24.5 Å². The van der Waals surface area contributed by atoms with Crippen molar-refractivity contribution in [3.63, 3.8) is 0 Å². The second-order valence-electron chi connectivity index (χ2n) is 7.56. The number of fused-ring (bicyclic) bond motifs is 2. The van der Waals surface area contributed by atoms with E-state index in [0.29, 0.717) is 30.0 Å². The first-order valence-electron chi connectivity index (χ1n) is 8.74. The average molecular weight is 278 g/mol. The molecule has 2 saturated heterocycles. The van der Waals surface area contributed by atoms with Crippen molar-refractivity contribution in [3.05, 3.63) is 0 Å². The first-order valence-corrected chi connectivity index (χ1v) is 8.74. The van der Waals surface area contributed by atoms with Crippen LogP contribution in [0.3, 0.4) is 0 Å². The molecule has 2 heterocycles. The molecule has 3 rings (SSSR count). The maximum atomic E-state index is 12.3. The molecule has 3 fully saturated rings. The van der Waals surface area contributed by atoms with E-state index in [9.17, 15) is 4.79 Å². The lowest BCUT2D eigenvalue weighted by Gasteiger charge is -2.29. The fraction of sp³-hybridized carbons (Fsp3) is 0.941. The van der Waals surface area contributed by atoms with Gasteiger partial charge in [-0.3, -0.25) is 4.79 Å². The second kappa shape index (κ2) is 6.46. The maximum absolute atomic E-state index is 12.3. The summed E-state index contributed by atoms with van der Waals surface area (Å²) in [5, 5.41) is 6.97. The Morgan fingerprint density at radius 3 is 2.55 bits per heavy atom. The SMILES string of the molecule is CC1CCCC(NC(=O)CC2CC3CCC(C2)N3)CC1. The minimum absolute atomic E-state index is 0.316. The molecule has 4 atom stereocenters. The van der Waals surface area contributed by atoms with E-state index in [1.165, 1.54) is 57.8 Å². The standard InChI is InChI=1S/C17H30N2O/c1-12-3-2-4-14(6-5-12)19-17(20)11-13-9-15-7-8-16(10-13)18-15/h12-16,18H,2-11H2,1H3,(H,19,20). The highest BCUT2D eigenvalue weighted by Crippen LogP contribution is 2.32. The van der Waals surface area contributed by atoms with Gasteiger partial charge in [-0.1, -0.05) is 19.8 Å². The molecule has 4 unspecified atom stereocenters. The lowest BCUT2D eigenvalue weighted by Crippen LogP contribution is -2.41. The summed E-state index contributed by atoms with van der Waals surface area (Å²) in [5.41, 5.74) is 0. The summed E-state index contributed by atoms with van der Waals surface area (Å²) in [6, 6.07) is 1.85. The summed E-state index contributed by atoms with van der Waals surface area (Å²) in [6.45, 7) is 2.34. The van der Waals surface area contributed by atoms with Crippen LogP contribution in [0.2, 0.25) is 0 Å². The maximum Gasteiger partial charge on any atom is 0.220 e. The smallest absolute Gasteiger partial charge is 0.220 e. The number of nitrogens with one attached hydrogen (secondary N) is 2. The molecule has 1 saturated carbocycles. The third kappa shape index (κ3) is 3.75. The molecule has 0 aromatic heterocycles. The van der Waals surface area contributed by atoms with Gasteiger partial charge in [0.05, 0.1) is 0 Å². The number of piperidine rings is 1. The van der Waals surface area contributed by atoms with Gasteiger partial charge in [-0.15, -0.1) is 0 Å². The van der Waals surface area contributed by atoms with E-state index in [2.05, 4.69) is 17.6 Å². The van der Waals surface area contributed by atoms with Crippen molar-refractivity contribution in [2.24, 2.45) is 11.8 Å². The molecule has 0 spiro atoms. The van der Waals surface area contributed by atoms with Crippen LogP contribution >= 0.6 is 0 Å². The summed E-state index contributed by atoms with van der Waals surface area (Å²) in [6.07, 6.45) is 12.1. The lowest BCUT2D eigenvalue weighted by atomic mass is 9.89. The number of hydrogen-bond donors (Lipinski definition) is 2. The number of carbonyl (C=O) groups excluding carboxylic acids is 1. The van der Waals surface area contributed by atoms with Gasteiger partial charge in [-0.25, -0.2) is 0 Å². The van der Waals surface area contributed by atoms with E-state index in [1.54, 1.807) is 0 Å². The van der Waals surface area contributed by atoms with Crippen LogP contribution in [0.5, 0.6) is 0 Å². The summed E-state index contributed by atoms with van der Waals surface area (Å²) >= 11 is 0. The second-order valence-corrected chi connectivity index (χ2v) is 7.56. The topological polar surface area (TPSA) is 41.1 Å². The van der Waals surface area contributed by atoms with Crippen molar-refractivity contribution in [1.82, 2.24) is 10.6 Å². The molecule has 0 aromatic rings. The van der Waals surface area contributed by atoms with Gasteiger partial charge in [-0.2, -0.15) is 0 Å². The molecule has 3 heteroatoms. The minimum atomic E-state index is 0.316. The van der Waals surface area contributed by atoms with Crippen molar-refractivity contribution < 1.29 is 4.79 Å². The number of carbonyl (C=O) groups is 1. The molecule has 2 aliphatic heterocycles. The molecule has 0 aromatic carbocycles. The van der Waals surface area contributed by atoms with Crippen molar-refractivity contribution in [2.45, 2.75) is 89.3 Å². The lowest BCUT2D eigenvalue weighted by molar-refractivity contribution is -0.123. The van der Waals surface area contributed by atoms with Crippen molar-refractivity contribution in [1.29, 1.82) is 0 Å². The predicted octanol–water partition coefficient (Wildman–Crippen LogP) is 2.99. The summed E-state index contributed by atoms with van der Waals surface area (Å²) < 4.78 is 0. The molecular weight excluding hydrogens is 248 g/mol. The van der Waals surface area contributed by atoms with Crippen molar-refractivity contribution in [2.75, 3.05) is 0 Å². The molecule has 114 valence electrons. The van der Waals surface area contributed by atoms with Crippen LogP contribution in [0.15, 0.2) is 0 Å². The molecular formula is C17H30N2O. The Balaban J connectivity index is 1.42. The van der Waals surface area contributed by atoms with Crippen LogP contribution in [0.25, 0.3) is 0 Å². The van der Waals surface area contributed by atoms with E-state index in [4.69, 9.17) is 0 Å². The highest BCUT2D eigenvalue weighted by atomic mass is 16.1. The van der Waals surface area contributed by atoms with Crippen LogP contribution in [-0.4, -0.2) is 24.0 Å². The molecule has 2 N–H and O–H groups in total. The Bertz CT molecular complexity index is 332. The zero-order valence-corrected chi connectivity index (χ0v) is 12.9. The monoisotopic (exact) mass is 278 g/mol. The van der Waals surface area contributed by atoms with E-state index in [1.807, 2.05) is 0 Å². The summed E-state index contributed by atoms with van der Waals surface area (Å²) in [4.78, 5) is 12.3. The molecule has 3 nitrogen and oxygen atoms in total.